The van der Waals surface area contributed by atoms with Gasteiger partial charge in [0.25, 0.3) is 0 Å². The molecule has 0 amide bonds. The summed E-state index contributed by atoms with van der Waals surface area (Å²) in [6, 6.07) is -1.47. The van der Waals surface area contributed by atoms with E-state index in [0.717, 1.165) is 38.5 Å². The maximum atomic E-state index is 12.6. The lowest BCUT2D eigenvalue weighted by Crippen LogP contribution is -2.34. The van der Waals surface area contributed by atoms with Crippen LogP contribution >= 0.6 is 7.82 Å². The van der Waals surface area contributed by atoms with Crippen molar-refractivity contribution in [2.24, 2.45) is 5.73 Å². The Kier molecular flexibility index (Phi) is 33.7. The number of carboxylic acids is 1. The fourth-order valence-electron chi connectivity index (χ4n) is 5.55. The number of carbonyl (C=O) groups excluding carboxylic acids is 1. The third-order valence-electron chi connectivity index (χ3n) is 8.64. The van der Waals surface area contributed by atoms with Gasteiger partial charge in [-0.05, 0) is 12.8 Å². The number of hydrogen-bond acceptors (Lipinski definition) is 8. The van der Waals surface area contributed by atoms with Crippen molar-refractivity contribution in [3.05, 3.63) is 0 Å². The van der Waals surface area contributed by atoms with E-state index in [-0.39, 0.29) is 13.0 Å². The summed E-state index contributed by atoms with van der Waals surface area (Å²) >= 11 is 0. The summed E-state index contributed by atoms with van der Waals surface area (Å²) in [4.78, 5) is 33.4. The summed E-state index contributed by atoms with van der Waals surface area (Å²) < 4.78 is 33.2. The minimum absolute atomic E-state index is 0.0250. The molecular formula is C37H74NO9P. The summed E-state index contributed by atoms with van der Waals surface area (Å²) in [5, 5.41) is 8.86. The number of aliphatic carboxylic acids is 1. The Balaban J connectivity index is 4.26. The van der Waals surface area contributed by atoms with Gasteiger partial charge in [0.15, 0.2) is 0 Å². The van der Waals surface area contributed by atoms with Crippen molar-refractivity contribution < 1.29 is 42.7 Å². The Morgan fingerprint density at radius 3 is 1.38 bits per heavy atom. The van der Waals surface area contributed by atoms with Crippen molar-refractivity contribution >= 4 is 19.8 Å². The second-order valence-electron chi connectivity index (χ2n) is 13.4. The molecule has 0 rings (SSSR count). The van der Waals surface area contributed by atoms with Gasteiger partial charge in [0, 0.05) is 13.0 Å². The van der Waals surface area contributed by atoms with E-state index < -0.39 is 45.1 Å². The van der Waals surface area contributed by atoms with Gasteiger partial charge in [-0.3, -0.25) is 18.6 Å². The Bertz CT molecular complexity index is 786. The molecule has 0 aliphatic carbocycles. The van der Waals surface area contributed by atoms with Crippen LogP contribution in [0.5, 0.6) is 0 Å². The van der Waals surface area contributed by atoms with Gasteiger partial charge in [-0.25, -0.2) is 4.57 Å². The molecule has 0 heterocycles. The number of nitrogens with two attached hydrogens (primary N) is 1. The number of phosphoric ester groups is 1. The summed E-state index contributed by atoms with van der Waals surface area (Å²) in [5.74, 6) is -1.77. The van der Waals surface area contributed by atoms with Gasteiger partial charge in [0.05, 0.1) is 19.8 Å². The van der Waals surface area contributed by atoms with Gasteiger partial charge in [-0.15, -0.1) is 0 Å². The first-order chi connectivity index (χ1) is 23.2. The second kappa shape index (κ2) is 34.4. The van der Waals surface area contributed by atoms with Crippen LogP contribution in [0.4, 0.5) is 0 Å². The molecule has 3 atom stereocenters. The van der Waals surface area contributed by atoms with Crippen molar-refractivity contribution in [2.75, 3.05) is 26.4 Å². The fraction of sp³-hybridized carbons (Fsp3) is 0.946. The highest BCUT2D eigenvalue weighted by Crippen LogP contribution is 2.43. The van der Waals surface area contributed by atoms with Crippen LogP contribution in [0, 0.1) is 0 Å². The zero-order valence-electron chi connectivity index (χ0n) is 30.9. The van der Waals surface area contributed by atoms with Crippen molar-refractivity contribution in [3.63, 3.8) is 0 Å². The van der Waals surface area contributed by atoms with Crippen LogP contribution in [0.1, 0.15) is 187 Å². The van der Waals surface area contributed by atoms with E-state index in [4.69, 9.17) is 29.4 Å². The van der Waals surface area contributed by atoms with Crippen LogP contribution in [-0.4, -0.2) is 60.5 Å². The Morgan fingerprint density at radius 1 is 0.583 bits per heavy atom. The average Bonchev–Trinajstić information content (AvgIpc) is 3.06. The van der Waals surface area contributed by atoms with Gasteiger partial charge in [-0.1, -0.05) is 168 Å². The Hall–Kier alpha value is -1.03. The van der Waals surface area contributed by atoms with E-state index in [2.05, 4.69) is 13.8 Å². The number of carbonyl (C=O) groups is 2. The van der Waals surface area contributed by atoms with Crippen LogP contribution in [0.25, 0.3) is 0 Å². The molecule has 0 aromatic heterocycles. The highest BCUT2D eigenvalue weighted by molar-refractivity contribution is 7.47. The van der Waals surface area contributed by atoms with E-state index in [1.54, 1.807) is 0 Å². The van der Waals surface area contributed by atoms with E-state index in [0.29, 0.717) is 6.61 Å². The van der Waals surface area contributed by atoms with E-state index in [9.17, 15) is 19.0 Å². The molecule has 0 aromatic carbocycles. The van der Waals surface area contributed by atoms with Crippen LogP contribution in [-0.2, 0) is 32.7 Å². The molecule has 11 heteroatoms. The Labute approximate surface area is 293 Å². The van der Waals surface area contributed by atoms with Gasteiger partial charge >= 0.3 is 19.8 Å². The third kappa shape index (κ3) is 33.5. The predicted molar refractivity (Wildman–Crippen MR) is 194 cm³/mol. The molecule has 0 aromatic rings. The number of hydrogen-bond donors (Lipinski definition) is 3. The third-order valence-corrected chi connectivity index (χ3v) is 9.59. The lowest BCUT2D eigenvalue weighted by Gasteiger charge is -2.20. The van der Waals surface area contributed by atoms with E-state index >= 15 is 0 Å². The average molecular weight is 708 g/mol. The number of esters is 1. The number of carboxylic acid groups (broad SMARTS) is 1. The lowest BCUT2D eigenvalue weighted by atomic mass is 10.0. The number of rotatable bonds is 38. The molecule has 10 nitrogen and oxygen atoms in total. The molecule has 4 N–H and O–H groups in total. The lowest BCUT2D eigenvalue weighted by molar-refractivity contribution is -0.154. The molecule has 3 unspecified atom stereocenters. The summed E-state index contributed by atoms with van der Waals surface area (Å²) in [6.45, 7) is 3.90. The van der Waals surface area contributed by atoms with Crippen molar-refractivity contribution in [2.45, 2.75) is 199 Å². The van der Waals surface area contributed by atoms with Crippen LogP contribution in [0.3, 0.4) is 0 Å². The van der Waals surface area contributed by atoms with Crippen LogP contribution in [0.2, 0.25) is 0 Å². The molecule has 0 aliphatic rings. The SMILES string of the molecule is CCCCCCCCCCCCCCCCC(=O)OC(COCCCCCCCCCCCCCC)COP(=O)(O)OCC(N)C(=O)O. The molecule has 0 spiro atoms. The molecule has 48 heavy (non-hydrogen) atoms. The smallest absolute Gasteiger partial charge is 0.472 e. The predicted octanol–water partition coefficient (Wildman–Crippen LogP) is 10.0. The zero-order valence-corrected chi connectivity index (χ0v) is 31.7. The zero-order chi connectivity index (χ0) is 35.6. The van der Waals surface area contributed by atoms with Gasteiger partial charge in [-0.2, -0.15) is 0 Å². The van der Waals surface area contributed by atoms with Crippen LogP contribution < -0.4 is 5.73 Å². The fourth-order valence-corrected chi connectivity index (χ4v) is 6.32. The molecule has 0 saturated carbocycles. The molecule has 0 saturated heterocycles. The molecule has 0 aliphatic heterocycles. The first-order valence-electron chi connectivity index (χ1n) is 19.6. The minimum atomic E-state index is -4.60. The number of phosphoric acid groups is 1. The number of unbranched alkanes of at least 4 members (excludes halogenated alkanes) is 24. The summed E-state index contributed by atoms with van der Waals surface area (Å²) in [5.41, 5.74) is 5.34. The molecule has 0 radical (unpaired) electrons. The maximum Gasteiger partial charge on any atom is 0.472 e. The summed E-state index contributed by atoms with van der Waals surface area (Å²) in [6.07, 6.45) is 31.5. The van der Waals surface area contributed by atoms with Crippen LogP contribution in [0.15, 0.2) is 0 Å². The van der Waals surface area contributed by atoms with Crippen molar-refractivity contribution in [3.8, 4) is 0 Å². The molecule has 0 bridgehead atoms. The van der Waals surface area contributed by atoms with Gasteiger partial charge in [0.2, 0.25) is 0 Å². The quantitative estimate of drug-likeness (QED) is 0.0321. The maximum absolute atomic E-state index is 12.6. The number of ether oxygens (including phenoxy) is 2. The second-order valence-corrected chi connectivity index (χ2v) is 14.9. The minimum Gasteiger partial charge on any atom is -0.480 e. The highest BCUT2D eigenvalue weighted by Gasteiger charge is 2.27. The van der Waals surface area contributed by atoms with Crippen molar-refractivity contribution in [1.82, 2.24) is 0 Å². The van der Waals surface area contributed by atoms with Gasteiger partial charge < -0.3 is 25.2 Å². The first-order valence-corrected chi connectivity index (χ1v) is 21.1. The standard InChI is InChI=1S/C37H74NO9P/c1-3-5-7-9-11-13-15-17-18-19-21-23-25-27-29-36(39)47-34(32-45-48(42,43)46-33-35(38)37(40)41)31-44-30-28-26-24-22-20-16-14-12-10-8-6-4-2/h34-35H,3-33,38H2,1-2H3,(H,40,41)(H,42,43). The molecule has 286 valence electrons. The van der Waals surface area contributed by atoms with E-state index in [1.807, 2.05) is 0 Å². The monoisotopic (exact) mass is 708 g/mol. The first kappa shape index (κ1) is 47.0. The van der Waals surface area contributed by atoms with E-state index in [1.165, 1.54) is 128 Å². The normalized spacial score (nSPS) is 14.1. The topological polar surface area (TPSA) is 155 Å². The molecule has 0 fully saturated rings. The summed E-state index contributed by atoms with van der Waals surface area (Å²) in [7, 11) is -4.60. The molecular weight excluding hydrogens is 633 g/mol. The Morgan fingerprint density at radius 2 is 0.958 bits per heavy atom. The highest BCUT2D eigenvalue weighted by atomic mass is 31.2. The largest absolute Gasteiger partial charge is 0.480 e. The van der Waals surface area contributed by atoms with Gasteiger partial charge in [0.1, 0.15) is 12.1 Å². The van der Waals surface area contributed by atoms with Crippen molar-refractivity contribution in [1.29, 1.82) is 0 Å².